The minimum atomic E-state index is 0.500. The number of anilines is 2. The van der Waals surface area contributed by atoms with Crippen LogP contribution in [0.4, 0.5) is 11.6 Å². The molecule has 102 valence electrons. The smallest absolute Gasteiger partial charge is 0.204 e. The Kier molecular flexibility index (Phi) is 2.69. The number of ether oxygens (including phenoxy) is 2. The lowest BCUT2D eigenvalue weighted by Gasteiger charge is -2.35. The molecule has 0 spiro atoms. The Bertz CT molecular complexity index is 476. The van der Waals surface area contributed by atoms with Gasteiger partial charge in [0.25, 0.3) is 0 Å². The Hall–Kier alpha value is -1.56. The van der Waals surface area contributed by atoms with Gasteiger partial charge in [0.1, 0.15) is 12.9 Å². The summed E-state index contributed by atoms with van der Waals surface area (Å²) in [6.07, 6.45) is 4.09. The van der Waals surface area contributed by atoms with Crippen molar-refractivity contribution in [3.05, 3.63) is 6.33 Å². The molecule has 1 aromatic heterocycles. The van der Waals surface area contributed by atoms with Crippen LogP contribution in [-0.2, 0) is 4.74 Å². The summed E-state index contributed by atoms with van der Waals surface area (Å²) in [5.41, 5.74) is 0. The zero-order chi connectivity index (χ0) is 12.7. The first-order valence-electron chi connectivity index (χ1n) is 7.00. The van der Waals surface area contributed by atoms with E-state index in [-0.39, 0.29) is 0 Å². The normalized spacial score (nSPS) is 25.8. The van der Waals surface area contributed by atoms with Gasteiger partial charge >= 0.3 is 0 Å². The van der Waals surface area contributed by atoms with E-state index in [1.54, 1.807) is 6.33 Å². The Morgan fingerprint density at radius 3 is 2.84 bits per heavy atom. The van der Waals surface area contributed by atoms with Crippen molar-refractivity contribution in [3.63, 3.8) is 0 Å². The maximum Gasteiger partial charge on any atom is 0.204 e. The van der Waals surface area contributed by atoms with Crippen molar-refractivity contribution in [3.8, 4) is 5.75 Å². The van der Waals surface area contributed by atoms with Gasteiger partial charge in [0, 0.05) is 19.6 Å². The van der Waals surface area contributed by atoms with E-state index in [2.05, 4.69) is 19.8 Å². The zero-order valence-corrected chi connectivity index (χ0v) is 10.9. The fourth-order valence-corrected chi connectivity index (χ4v) is 3.16. The van der Waals surface area contributed by atoms with Crippen molar-refractivity contribution in [2.24, 2.45) is 0 Å². The molecular weight excluding hydrogens is 244 g/mol. The highest BCUT2D eigenvalue weighted by Gasteiger charge is 2.35. The van der Waals surface area contributed by atoms with E-state index in [0.29, 0.717) is 6.04 Å². The number of aromatic nitrogens is 2. The molecule has 6 nitrogen and oxygen atoms in total. The van der Waals surface area contributed by atoms with E-state index in [9.17, 15) is 0 Å². The van der Waals surface area contributed by atoms with Crippen LogP contribution in [0.25, 0.3) is 0 Å². The minimum Gasteiger partial charge on any atom is -0.484 e. The fourth-order valence-electron chi connectivity index (χ4n) is 3.16. The lowest BCUT2D eigenvalue weighted by molar-refractivity contribution is 0.122. The third kappa shape index (κ3) is 1.82. The highest BCUT2D eigenvalue weighted by molar-refractivity contribution is 5.67. The third-order valence-corrected chi connectivity index (χ3v) is 4.15. The van der Waals surface area contributed by atoms with Crippen molar-refractivity contribution in [1.82, 2.24) is 9.97 Å². The van der Waals surface area contributed by atoms with Gasteiger partial charge in [0.05, 0.1) is 19.3 Å². The molecule has 0 amide bonds. The fraction of sp³-hybridized carbons (Fsp3) is 0.692. The van der Waals surface area contributed by atoms with Crippen molar-refractivity contribution >= 4 is 11.6 Å². The summed E-state index contributed by atoms with van der Waals surface area (Å²) >= 11 is 0. The van der Waals surface area contributed by atoms with Gasteiger partial charge in [-0.15, -0.1) is 0 Å². The van der Waals surface area contributed by atoms with Crippen molar-refractivity contribution in [2.75, 3.05) is 49.3 Å². The van der Waals surface area contributed by atoms with E-state index >= 15 is 0 Å². The summed E-state index contributed by atoms with van der Waals surface area (Å²) in [6, 6.07) is 0.500. The van der Waals surface area contributed by atoms with Crippen molar-refractivity contribution in [1.29, 1.82) is 0 Å². The standard InChI is InChI=1S/C13H18N4O2/c1-2-10-8-19-11-12(16-4-6-18-7-5-16)14-9-15-13(11)17(10)3-1/h9-10H,1-8H2/t10-/m0/s1. The van der Waals surface area contributed by atoms with Gasteiger partial charge < -0.3 is 19.3 Å². The number of morpholine rings is 1. The average molecular weight is 262 g/mol. The van der Waals surface area contributed by atoms with Gasteiger partial charge in [-0.1, -0.05) is 0 Å². The van der Waals surface area contributed by atoms with Gasteiger partial charge in [0.15, 0.2) is 11.6 Å². The van der Waals surface area contributed by atoms with Crippen LogP contribution in [0, 0.1) is 0 Å². The maximum atomic E-state index is 5.97. The zero-order valence-electron chi connectivity index (χ0n) is 10.9. The van der Waals surface area contributed by atoms with Gasteiger partial charge in [-0.25, -0.2) is 9.97 Å². The topological polar surface area (TPSA) is 50.7 Å². The molecule has 1 atom stereocenters. The number of rotatable bonds is 1. The second-order valence-corrected chi connectivity index (χ2v) is 5.25. The Morgan fingerprint density at radius 1 is 1.11 bits per heavy atom. The molecule has 6 heteroatoms. The van der Waals surface area contributed by atoms with Crippen LogP contribution >= 0.6 is 0 Å². The van der Waals surface area contributed by atoms with Crippen LogP contribution in [-0.4, -0.2) is 55.5 Å². The molecule has 0 N–H and O–H groups in total. The molecule has 3 aliphatic rings. The quantitative estimate of drug-likeness (QED) is 0.741. The number of hydrogen-bond donors (Lipinski definition) is 0. The van der Waals surface area contributed by atoms with Gasteiger partial charge in [0.2, 0.25) is 5.75 Å². The maximum absolute atomic E-state index is 5.97. The molecule has 19 heavy (non-hydrogen) atoms. The molecule has 2 fully saturated rings. The number of fused-ring (bicyclic) bond motifs is 3. The average Bonchev–Trinajstić information content (AvgIpc) is 2.96. The molecule has 4 heterocycles. The summed E-state index contributed by atoms with van der Waals surface area (Å²) in [5.74, 6) is 2.77. The Balaban J connectivity index is 1.71. The van der Waals surface area contributed by atoms with Gasteiger partial charge in [-0.3, -0.25) is 0 Å². The van der Waals surface area contributed by atoms with Crippen molar-refractivity contribution in [2.45, 2.75) is 18.9 Å². The SMILES string of the molecule is c1nc(N2CCOCC2)c2c(n1)N1CCC[C@H]1CO2. The molecule has 0 aliphatic carbocycles. The number of hydrogen-bond acceptors (Lipinski definition) is 6. The molecule has 0 unspecified atom stereocenters. The first-order chi connectivity index (χ1) is 9.43. The lowest BCUT2D eigenvalue weighted by Crippen LogP contribution is -2.41. The third-order valence-electron chi connectivity index (χ3n) is 4.15. The lowest BCUT2D eigenvalue weighted by atomic mass is 10.2. The molecule has 4 rings (SSSR count). The monoisotopic (exact) mass is 262 g/mol. The summed E-state index contributed by atoms with van der Waals surface area (Å²) in [5, 5.41) is 0. The van der Waals surface area contributed by atoms with E-state index in [1.165, 1.54) is 12.8 Å². The second kappa shape index (κ2) is 4.52. The van der Waals surface area contributed by atoms with Crippen LogP contribution in [0.1, 0.15) is 12.8 Å². The highest BCUT2D eigenvalue weighted by atomic mass is 16.5. The molecule has 0 bridgehead atoms. The second-order valence-electron chi connectivity index (χ2n) is 5.25. The Labute approximate surface area is 112 Å². The van der Waals surface area contributed by atoms with E-state index in [4.69, 9.17) is 9.47 Å². The van der Waals surface area contributed by atoms with Gasteiger partial charge in [-0.2, -0.15) is 0 Å². The summed E-state index contributed by atoms with van der Waals surface area (Å²) < 4.78 is 11.4. The largest absolute Gasteiger partial charge is 0.484 e. The van der Waals surface area contributed by atoms with Crippen LogP contribution in [0.5, 0.6) is 5.75 Å². The van der Waals surface area contributed by atoms with E-state index in [1.807, 2.05) is 0 Å². The predicted molar refractivity (Wildman–Crippen MR) is 70.9 cm³/mol. The Morgan fingerprint density at radius 2 is 1.95 bits per heavy atom. The molecule has 0 radical (unpaired) electrons. The molecule has 0 saturated carbocycles. The molecular formula is C13H18N4O2. The number of nitrogens with zero attached hydrogens (tertiary/aromatic N) is 4. The van der Waals surface area contributed by atoms with Gasteiger partial charge in [-0.05, 0) is 12.8 Å². The van der Waals surface area contributed by atoms with Crippen LogP contribution in [0.15, 0.2) is 6.33 Å². The molecule has 3 aliphatic heterocycles. The van der Waals surface area contributed by atoms with Crippen molar-refractivity contribution < 1.29 is 9.47 Å². The first-order valence-corrected chi connectivity index (χ1v) is 7.00. The molecule has 2 saturated heterocycles. The minimum absolute atomic E-state index is 0.500. The highest BCUT2D eigenvalue weighted by Crippen LogP contribution is 2.41. The van der Waals surface area contributed by atoms with Crippen LogP contribution in [0.2, 0.25) is 0 Å². The van der Waals surface area contributed by atoms with Crippen LogP contribution in [0.3, 0.4) is 0 Å². The summed E-state index contributed by atoms with van der Waals surface area (Å²) in [7, 11) is 0. The summed E-state index contributed by atoms with van der Waals surface area (Å²) in [6.45, 7) is 5.10. The first kappa shape index (κ1) is 11.3. The molecule has 0 aromatic carbocycles. The predicted octanol–water partition coefficient (Wildman–Crippen LogP) is 0.674. The van der Waals surface area contributed by atoms with Crippen LogP contribution < -0.4 is 14.5 Å². The van der Waals surface area contributed by atoms with E-state index < -0.39 is 0 Å². The van der Waals surface area contributed by atoms with E-state index in [0.717, 1.165) is 56.8 Å². The molecule has 1 aromatic rings. The summed E-state index contributed by atoms with van der Waals surface area (Å²) in [4.78, 5) is 13.5.